The third kappa shape index (κ3) is 6.19. The Balaban J connectivity index is 1.69. The lowest BCUT2D eigenvalue weighted by Crippen LogP contribution is -2.38. The van der Waals surface area contributed by atoms with Crippen molar-refractivity contribution in [3.63, 3.8) is 0 Å². The van der Waals surface area contributed by atoms with Gasteiger partial charge in [0.25, 0.3) is 5.91 Å². The van der Waals surface area contributed by atoms with Gasteiger partial charge in [0.1, 0.15) is 5.75 Å². The molecule has 33 heavy (non-hydrogen) atoms. The lowest BCUT2D eigenvalue weighted by atomic mass is 10.2. The molecule has 0 atom stereocenters. The summed E-state index contributed by atoms with van der Waals surface area (Å²) in [7, 11) is 1.33. The Bertz CT molecular complexity index is 1210. The van der Waals surface area contributed by atoms with Crippen LogP contribution in [-0.2, 0) is 4.79 Å². The van der Waals surface area contributed by atoms with Crippen LogP contribution in [0.3, 0.4) is 0 Å². The third-order valence-electron chi connectivity index (χ3n) is 4.41. The Labute approximate surface area is 186 Å². The van der Waals surface area contributed by atoms with E-state index >= 15 is 0 Å². The van der Waals surface area contributed by atoms with Gasteiger partial charge in [0.15, 0.2) is 5.69 Å². The smallest absolute Gasteiger partial charge is 0.406 e. The van der Waals surface area contributed by atoms with Gasteiger partial charge in [-0.2, -0.15) is 5.10 Å². The quantitative estimate of drug-likeness (QED) is 0.610. The molecule has 0 spiro atoms. The molecule has 2 amide bonds. The molecule has 0 saturated carbocycles. The maximum Gasteiger partial charge on any atom is 0.573 e. The van der Waals surface area contributed by atoms with Gasteiger partial charge in [-0.25, -0.2) is 4.68 Å². The molecule has 0 aliphatic heterocycles. The number of ether oxygens (including phenoxy) is 1. The van der Waals surface area contributed by atoms with Crippen LogP contribution in [0.25, 0.3) is 5.69 Å². The number of likely N-dealkylation sites (N-methyl/N-ethyl adjacent to an activating group) is 1. The average molecular weight is 460 g/mol. The number of carbonyl (C=O) groups is 2. The lowest BCUT2D eigenvalue weighted by Gasteiger charge is -2.17. The molecule has 0 unspecified atom stereocenters. The maximum absolute atomic E-state index is 12.8. The van der Waals surface area contributed by atoms with Crippen molar-refractivity contribution in [1.82, 2.24) is 14.7 Å². The molecule has 2 aromatic carbocycles. The predicted molar refractivity (Wildman–Crippen MR) is 113 cm³/mol. The second-order valence-corrected chi connectivity index (χ2v) is 7.03. The number of para-hydroxylation sites is 1. The third-order valence-corrected chi connectivity index (χ3v) is 4.41. The van der Waals surface area contributed by atoms with Crippen molar-refractivity contribution in [2.75, 3.05) is 18.9 Å². The number of aryl methyl sites for hydroxylation is 1. The zero-order valence-corrected chi connectivity index (χ0v) is 17.6. The van der Waals surface area contributed by atoms with Crippen LogP contribution in [0, 0.1) is 6.92 Å². The minimum Gasteiger partial charge on any atom is -0.406 e. The highest BCUT2D eigenvalue weighted by molar-refractivity contribution is 5.98. The molecule has 1 N–H and O–H groups in total. The molecule has 1 aromatic heterocycles. The van der Waals surface area contributed by atoms with E-state index in [1.54, 1.807) is 31.2 Å². The zero-order valence-electron chi connectivity index (χ0n) is 17.6. The normalized spacial score (nSPS) is 11.1. The summed E-state index contributed by atoms with van der Waals surface area (Å²) >= 11 is 0. The van der Waals surface area contributed by atoms with Crippen LogP contribution in [0.1, 0.15) is 16.2 Å². The minimum absolute atomic E-state index is 0.204. The van der Waals surface area contributed by atoms with Gasteiger partial charge in [-0.3, -0.25) is 14.4 Å². The Morgan fingerprint density at radius 2 is 1.73 bits per heavy atom. The molecule has 3 rings (SSSR count). The van der Waals surface area contributed by atoms with E-state index in [1.165, 1.54) is 29.9 Å². The van der Waals surface area contributed by atoms with Crippen LogP contribution in [0.2, 0.25) is 0 Å². The van der Waals surface area contributed by atoms with Crippen LogP contribution in [0.4, 0.5) is 18.9 Å². The predicted octanol–water partition coefficient (Wildman–Crippen LogP) is 3.15. The topological polar surface area (TPSA) is 93.5 Å². The van der Waals surface area contributed by atoms with Crippen LogP contribution in [0.5, 0.6) is 5.75 Å². The first-order valence-corrected chi connectivity index (χ1v) is 9.61. The summed E-state index contributed by atoms with van der Waals surface area (Å²) in [5.74, 6) is -1.81. The molecule has 0 aliphatic rings. The van der Waals surface area contributed by atoms with Gasteiger partial charge in [-0.15, -0.1) is 13.2 Å². The van der Waals surface area contributed by atoms with Crippen molar-refractivity contribution in [3.05, 3.63) is 82.3 Å². The second kappa shape index (κ2) is 9.55. The fourth-order valence-electron chi connectivity index (χ4n) is 2.93. The number of alkyl halides is 3. The molecular weight excluding hydrogens is 441 g/mol. The summed E-state index contributed by atoms with van der Waals surface area (Å²) in [4.78, 5) is 38.4. The first-order chi connectivity index (χ1) is 15.5. The number of anilines is 1. The number of rotatable bonds is 6. The average Bonchev–Trinajstić information content (AvgIpc) is 2.74. The molecule has 0 radical (unpaired) electrons. The fraction of sp³-hybridized carbons (Fsp3) is 0.182. The number of benzene rings is 2. The van der Waals surface area contributed by atoms with Crippen LogP contribution in [-0.4, -0.2) is 46.4 Å². The van der Waals surface area contributed by atoms with Gasteiger partial charge in [-0.05, 0) is 43.3 Å². The van der Waals surface area contributed by atoms with Crippen molar-refractivity contribution >= 4 is 17.5 Å². The van der Waals surface area contributed by atoms with E-state index in [0.717, 1.165) is 17.0 Å². The Kier molecular flexibility index (Phi) is 6.80. The molecule has 11 heteroatoms. The highest BCUT2D eigenvalue weighted by Crippen LogP contribution is 2.23. The number of nitrogens with one attached hydrogen (secondary N) is 1. The zero-order chi connectivity index (χ0) is 24.2. The number of aromatic nitrogens is 2. The summed E-state index contributed by atoms with van der Waals surface area (Å²) in [6, 6.07) is 14.7. The number of hydrogen-bond donors (Lipinski definition) is 1. The van der Waals surface area contributed by atoms with Gasteiger partial charge in [-0.1, -0.05) is 18.2 Å². The molecule has 172 valence electrons. The van der Waals surface area contributed by atoms with Crippen molar-refractivity contribution in [3.8, 4) is 11.4 Å². The van der Waals surface area contributed by atoms with Gasteiger partial charge in [0, 0.05) is 24.5 Å². The molecule has 8 nitrogen and oxygen atoms in total. The van der Waals surface area contributed by atoms with Gasteiger partial charge in [0.2, 0.25) is 11.3 Å². The van der Waals surface area contributed by atoms with Gasteiger partial charge < -0.3 is 15.0 Å². The van der Waals surface area contributed by atoms with Crippen molar-refractivity contribution in [2.24, 2.45) is 0 Å². The van der Waals surface area contributed by atoms with Crippen LogP contribution >= 0.6 is 0 Å². The molecule has 0 bridgehead atoms. The van der Waals surface area contributed by atoms with E-state index in [1.807, 2.05) is 6.07 Å². The summed E-state index contributed by atoms with van der Waals surface area (Å²) in [5.41, 5.74) is 0.448. The van der Waals surface area contributed by atoms with Crippen LogP contribution < -0.4 is 15.5 Å². The van der Waals surface area contributed by atoms with E-state index in [-0.39, 0.29) is 11.4 Å². The van der Waals surface area contributed by atoms with E-state index in [9.17, 15) is 27.6 Å². The van der Waals surface area contributed by atoms with E-state index < -0.39 is 35.9 Å². The van der Waals surface area contributed by atoms with Gasteiger partial charge in [0.05, 0.1) is 12.2 Å². The molecular formula is C22H19F3N4O4. The molecule has 0 saturated heterocycles. The highest BCUT2D eigenvalue weighted by atomic mass is 19.4. The minimum atomic E-state index is -4.82. The maximum atomic E-state index is 12.8. The summed E-state index contributed by atoms with van der Waals surface area (Å²) in [5, 5.41) is 6.63. The fourth-order valence-corrected chi connectivity index (χ4v) is 2.93. The molecule has 1 heterocycles. The summed E-state index contributed by atoms with van der Waals surface area (Å²) in [6.07, 6.45) is -4.82. The monoisotopic (exact) mass is 460 g/mol. The molecule has 0 fully saturated rings. The Hall–Kier alpha value is -4.15. The van der Waals surface area contributed by atoms with Crippen LogP contribution in [0.15, 0.2) is 65.5 Å². The number of amides is 2. The van der Waals surface area contributed by atoms with E-state index in [4.69, 9.17) is 0 Å². The summed E-state index contributed by atoms with van der Waals surface area (Å²) < 4.78 is 41.9. The highest BCUT2D eigenvalue weighted by Gasteiger charge is 2.31. The second-order valence-electron chi connectivity index (χ2n) is 7.03. The number of hydrogen-bond acceptors (Lipinski definition) is 5. The largest absolute Gasteiger partial charge is 0.573 e. The molecule has 3 aromatic rings. The van der Waals surface area contributed by atoms with Crippen molar-refractivity contribution in [1.29, 1.82) is 0 Å². The standard InChI is InChI=1S/C22H19F3N4O4/c1-14-12-18(30)20(27-29(14)16-6-4-3-5-7-16)21(32)28(2)13-19(31)26-15-8-10-17(11-9-15)33-22(23,24)25/h3-12H,13H2,1-2H3,(H,26,31). The molecule has 0 aliphatic carbocycles. The summed E-state index contributed by atoms with van der Waals surface area (Å²) in [6.45, 7) is 1.26. The van der Waals surface area contributed by atoms with Crippen molar-refractivity contribution < 1.29 is 27.5 Å². The lowest BCUT2D eigenvalue weighted by molar-refractivity contribution is -0.274. The van der Waals surface area contributed by atoms with E-state index in [0.29, 0.717) is 11.4 Å². The number of halogens is 3. The number of carbonyl (C=O) groups excluding carboxylic acids is 2. The Morgan fingerprint density at radius 3 is 2.33 bits per heavy atom. The first-order valence-electron chi connectivity index (χ1n) is 9.61. The van der Waals surface area contributed by atoms with Gasteiger partial charge >= 0.3 is 6.36 Å². The number of nitrogens with zero attached hydrogens (tertiary/aromatic N) is 3. The van der Waals surface area contributed by atoms with E-state index in [2.05, 4.69) is 15.2 Å². The SMILES string of the molecule is Cc1cc(=O)c(C(=O)N(C)CC(=O)Nc2ccc(OC(F)(F)F)cc2)nn1-c1ccccc1. The first kappa shape index (κ1) is 23.5. The Morgan fingerprint density at radius 1 is 1.09 bits per heavy atom. The van der Waals surface area contributed by atoms with Crippen molar-refractivity contribution in [2.45, 2.75) is 13.3 Å².